The van der Waals surface area contributed by atoms with Gasteiger partial charge < -0.3 is 14.3 Å². The second-order valence-corrected chi connectivity index (χ2v) is 4.00. The number of hydrogen-bond acceptors (Lipinski definition) is 4. The second-order valence-electron chi connectivity index (χ2n) is 4.00. The van der Waals surface area contributed by atoms with Crippen LogP contribution in [-0.4, -0.2) is 27.8 Å². The van der Waals surface area contributed by atoms with E-state index in [0.29, 0.717) is 12.4 Å². The number of aromatic amines is 1. The van der Waals surface area contributed by atoms with Gasteiger partial charge in [0, 0.05) is 25.4 Å². The molecule has 6 heteroatoms. The van der Waals surface area contributed by atoms with Gasteiger partial charge in [0.15, 0.2) is 0 Å². The van der Waals surface area contributed by atoms with E-state index < -0.39 is 5.56 Å². The van der Waals surface area contributed by atoms with Crippen molar-refractivity contribution in [2.45, 2.75) is 13.5 Å². The van der Waals surface area contributed by atoms with E-state index in [0.717, 1.165) is 5.56 Å². The average molecular weight is 247 g/mol. The Morgan fingerprint density at radius 2 is 2.33 bits per heavy atom. The maximum Gasteiger partial charge on any atom is 0.263 e. The van der Waals surface area contributed by atoms with Crippen molar-refractivity contribution < 1.29 is 9.21 Å². The lowest BCUT2D eigenvalue weighted by Gasteiger charge is -2.15. The molecular formula is C12H13N3O3. The van der Waals surface area contributed by atoms with Crippen molar-refractivity contribution in [2.24, 2.45) is 0 Å². The lowest BCUT2D eigenvalue weighted by Crippen LogP contribution is -2.31. The van der Waals surface area contributed by atoms with Crippen LogP contribution in [0.1, 0.15) is 21.7 Å². The van der Waals surface area contributed by atoms with E-state index in [-0.39, 0.29) is 11.5 Å². The fraction of sp³-hybridized carbons (Fsp3) is 0.250. The highest BCUT2D eigenvalue weighted by atomic mass is 16.3. The fourth-order valence-corrected chi connectivity index (χ4v) is 1.57. The topological polar surface area (TPSA) is 79.2 Å². The summed E-state index contributed by atoms with van der Waals surface area (Å²) in [6, 6.07) is 1.77. The van der Waals surface area contributed by atoms with Gasteiger partial charge in [-0.25, -0.2) is 4.98 Å². The molecular weight excluding hydrogens is 234 g/mol. The molecule has 2 aromatic rings. The molecule has 2 heterocycles. The second kappa shape index (κ2) is 4.87. The highest BCUT2D eigenvalue weighted by molar-refractivity contribution is 5.93. The van der Waals surface area contributed by atoms with Gasteiger partial charge in [0.05, 0.1) is 12.5 Å². The van der Waals surface area contributed by atoms with Gasteiger partial charge in [-0.2, -0.15) is 0 Å². The first kappa shape index (κ1) is 12.1. The predicted octanol–water partition coefficient (Wildman–Crippen LogP) is 0.944. The first-order valence-corrected chi connectivity index (χ1v) is 5.40. The Bertz CT molecular complexity index is 601. The van der Waals surface area contributed by atoms with Gasteiger partial charge in [-0.15, -0.1) is 0 Å². The zero-order valence-corrected chi connectivity index (χ0v) is 10.1. The number of aromatic nitrogens is 2. The minimum absolute atomic E-state index is 0.0339. The fourth-order valence-electron chi connectivity index (χ4n) is 1.57. The highest BCUT2D eigenvalue weighted by Gasteiger charge is 2.16. The standard InChI is InChI=1S/C12H13N3O3/c1-8-13-5-10(11(16)14-8)12(17)15(2)6-9-3-4-18-7-9/h3-5,7H,6H2,1-2H3,(H,13,14,16). The molecule has 2 aromatic heterocycles. The van der Waals surface area contributed by atoms with Crippen LogP contribution in [0.5, 0.6) is 0 Å². The molecule has 0 aliphatic rings. The summed E-state index contributed by atoms with van der Waals surface area (Å²) in [4.78, 5) is 31.5. The zero-order valence-electron chi connectivity index (χ0n) is 10.1. The minimum Gasteiger partial charge on any atom is -0.472 e. The molecule has 0 atom stereocenters. The van der Waals surface area contributed by atoms with Crippen LogP contribution in [0.25, 0.3) is 0 Å². The molecule has 6 nitrogen and oxygen atoms in total. The highest BCUT2D eigenvalue weighted by Crippen LogP contribution is 2.06. The van der Waals surface area contributed by atoms with Crippen LogP contribution >= 0.6 is 0 Å². The zero-order chi connectivity index (χ0) is 13.1. The first-order chi connectivity index (χ1) is 8.58. The van der Waals surface area contributed by atoms with Gasteiger partial charge in [-0.1, -0.05) is 0 Å². The van der Waals surface area contributed by atoms with E-state index in [4.69, 9.17) is 4.42 Å². The van der Waals surface area contributed by atoms with E-state index >= 15 is 0 Å². The summed E-state index contributed by atoms with van der Waals surface area (Å²) in [5.41, 5.74) is 0.473. The van der Waals surface area contributed by atoms with Crippen molar-refractivity contribution in [1.29, 1.82) is 0 Å². The molecule has 0 aliphatic carbocycles. The Morgan fingerprint density at radius 1 is 1.56 bits per heavy atom. The molecule has 0 fully saturated rings. The molecule has 0 aliphatic heterocycles. The van der Waals surface area contributed by atoms with Crippen LogP contribution in [0.15, 0.2) is 34.0 Å². The van der Waals surface area contributed by atoms with Crippen molar-refractivity contribution in [3.05, 3.63) is 52.1 Å². The van der Waals surface area contributed by atoms with E-state index in [2.05, 4.69) is 9.97 Å². The Labute approximate surface area is 103 Å². The number of furan rings is 1. The third-order valence-corrected chi connectivity index (χ3v) is 2.50. The monoisotopic (exact) mass is 247 g/mol. The molecule has 0 spiro atoms. The van der Waals surface area contributed by atoms with E-state index in [1.54, 1.807) is 26.3 Å². The maximum absolute atomic E-state index is 12.0. The molecule has 0 aromatic carbocycles. The van der Waals surface area contributed by atoms with Gasteiger partial charge >= 0.3 is 0 Å². The van der Waals surface area contributed by atoms with Crippen LogP contribution in [0.3, 0.4) is 0 Å². The Balaban J connectivity index is 2.18. The number of hydrogen-bond donors (Lipinski definition) is 1. The summed E-state index contributed by atoms with van der Waals surface area (Å²) >= 11 is 0. The summed E-state index contributed by atoms with van der Waals surface area (Å²) in [5.74, 6) is 0.110. The number of amides is 1. The summed E-state index contributed by atoms with van der Waals surface area (Å²) in [6.45, 7) is 2.04. The molecule has 0 saturated carbocycles. The van der Waals surface area contributed by atoms with Gasteiger partial charge in [0.1, 0.15) is 11.4 Å². The predicted molar refractivity (Wildman–Crippen MR) is 64.1 cm³/mol. The lowest BCUT2D eigenvalue weighted by molar-refractivity contribution is 0.0782. The van der Waals surface area contributed by atoms with Crippen molar-refractivity contribution >= 4 is 5.91 Å². The molecule has 18 heavy (non-hydrogen) atoms. The SMILES string of the molecule is Cc1ncc(C(=O)N(C)Cc2ccoc2)c(=O)[nH]1. The third-order valence-electron chi connectivity index (χ3n) is 2.50. The van der Waals surface area contributed by atoms with Crippen LogP contribution < -0.4 is 5.56 Å². The molecule has 0 unspecified atom stereocenters. The Hall–Kier alpha value is -2.37. The molecule has 2 rings (SSSR count). The van der Waals surface area contributed by atoms with Gasteiger partial charge in [-0.05, 0) is 13.0 Å². The number of nitrogens with one attached hydrogen (secondary N) is 1. The summed E-state index contributed by atoms with van der Waals surface area (Å²) in [5, 5.41) is 0. The van der Waals surface area contributed by atoms with Crippen LogP contribution in [0.2, 0.25) is 0 Å². The summed E-state index contributed by atoms with van der Waals surface area (Å²) < 4.78 is 4.92. The summed E-state index contributed by atoms with van der Waals surface area (Å²) in [7, 11) is 1.62. The van der Waals surface area contributed by atoms with Gasteiger partial charge in [-0.3, -0.25) is 9.59 Å². The number of rotatable bonds is 3. The van der Waals surface area contributed by atoms with Crippen molar-refractivity contribution in [1.82, 2.24) is 14.9 Å². The number of carbonyl (C=O) groups excluding carboxylic acids is 1. The van der Waals surface area contributed by atoms with Crippen molar-refractivity contribution in [3.63, 3.8) is 0 Å². The van der Waals surface area contributed by atoms with Crippen LogP contribution in [0, 0.1) is 6.92 Å². The van der Waals surface area contributed by atoms with Gasteiger partial charge in [0.2, 0.25) is 0 Å². The van der Waals surface area contributed by atoms with Crippen LogP contribution in [0.4, 0.5) is 0 Å². The van der Waals surface area contributed by atoms with E-state index in [1.807, 2.05) is 0 Å². The molecule has 1 N–H and O–H groups in total. The van der Waals surface area contributed by atoms with Crippen LogP contribution in [-0.2, 0) is 6.54 Å². The largest absolute Gasteiger partial charge is 0.472 e. The number of nitrogens with zero attached hydrogens (tertiary/aromatic N) is 2. The number of aryl methyl sites for hydroxylation is 1. The third kappa shape index (κ3) is 2.48. The molecule has 1 amide bonds. The quantitative estimate of drug-likeness (QED) is 0.875. The molecule has 0 bridgehead atoms. The van der Waals surface area contributed by atoms with Crippen molar-refractivity contribution in [2.75, 3.05) is 7.05 Å². The smallest absolute Gasteiger partial charge is 0.263 e. The molecule has 94 valence electrons. The van der Waals surface area contributed by atoms with E-state index in [1.165, 1.54) is 17.4 Å². The summed E-state index contributed by atoms with van der Waals surface area (Å²) in [6.07, 6.45) is 4.39. The lowest BCUT2D eigenvalue weighted by atomic mass is 10.2. The normalized spacial score (nSPS) is 10.3. The first-order valence-electron chi connectivity index (χ1n) is 5.40. The number of carbonyl (C=O) groups is 1. The number of H-pyrrole nitrogens is 1. The maximum atomic E-state index is 12.0. The minimum atomic E-state index is -0.424. The molecule has 0 radical (unpaired) electrons. The van der Waals surface area contributed by atoms with E-state index in [9.17, 15) is 9.59 Å². The van der Waals surface area contributed by atoms with Crippen molar-refractivity contribution in [3.8, 4) is 0 Å². The average Bonchev–Trinajstić information content (AvgIpc) is 2.81. The Kier molecular flexibility index (Phi) is 3.27. The Morgan fingerprint density at radius 3 is 2.94 bits per heavy atom. The molecule has 0 saturated heterocycles. The van der Waals surface area contributed by atoms with Gasteiger partial charge in [0.25, 0.3) is 11.5 Å².